The van der Waals surface area contributed by atoms with E-state index in [2.05, 4.69) is 5.32 Å². The van der Waals surface area contributed by atoms with Crippen molar-refractivity contribution in [1.82, 2.24) is 5.32 Å². The van der Waals surface area contributed by atoms with E-state index in [1.807, 2.05) is 0 Å². The van der Waals surface area contributed by atoms with Crippen molar-refractivity contribution in [3.63, 3.8) is 0 Å². The van der Waals surface area contributed by atoms with E-state index in [1.54, 1.807) is 32.2 Å². The predicted molar refractivity (Wildman–Crippen MR) is 83.1 cm³/mol. The van der Waals surface area contributed by atoms with Gasteiger partial charge in [-0.2, -0.15) is 0 Å². The second-order valence-corrected chi connectivity index (χ2v) is 5.70. The van der Waals surface area contributed by atoms with Gasteiger partial charge in [-0.1, -0.05) is 35.3 Å². The van der Waals surface area contributed by atoms with Gasteiger partial charge < -0.3 is 5.32 Å². The van der Waals surface area contributed by atoms with Crippen LogP contribution >= 0.6 is 23.2 Å². The third-order valence-electron chi connectivity index (χ3n) is 3.44. The molecule has 0 amide bonds. The van der Waals surface area contributed by atoms with E-state index >= 15 is 0 Å². The molecule has 21 heavy (non-hydrogen) atoms. The zero-order valence-electron chi connectivity index (χ0n) is 11.7. The molecule has 1 nitrogen and oxygen atoms in total. The molecular formula is C16H15Cl2F2N. The van der Waals surface area contributed by atoms with Crippen LogP contribution in [0.5, 0.6) is 0 Å². The number of hydrogen-bond acceptors (Lipinski definition) is 1. The molecule has 1 atom stereocenters. The van der Waals surface area contributed by atoms with Crippen LogP contribution in [-0.4, -0.2) is 7.05 Å². The van der Waals surface area contributed by atoms with Crippen LogP contribution in [0.1, 0.15) is 22.7 Å². The van der Waals surface area contributed by atoms with E-state index in [1.165, 1.54) is 12.1 Å². The average molecular weight is 330 g/mol. The maximum absolute atomic E-state index is 14.2. The van der Waals surface area contributed by atoms with Crippen molar-refractivity contribution in [3.05, 3.63) is 68.7 Å². The van der Waals surface area contributed by atoms with Gasteiger partial charge in [0.05, 0.1) is 10.0 Å². The normalized spacial score (nSPS) is 12.5. The highest BCUT2D eigenvalue weighted by atomic mass is 35.5. The summed E-state index contributed by atoms with van der Waals surface area (Å²) in [5.74, 6) is -1.08. The first-order valence-corrected chi connectivity index (χ1v) is 7.25. The van der Waals surface area contributed by atoms with Gasteiger partial charge in [0.1, 0.15) is 11.6 Å². The highest BCUT2D eigenvalue weighted by molar-refractivity contribution is 6.42. The number of nitrogens with one attached hydrogen (secondary N) is 1. The molecule has 0 aliphatic heterocycles. The second kappa shape index (κ2) is 6.73. The smallest absolute Gasteiger partial charge is 0.133 e. The molecule has 0 spiro atoms. The molecule has 0 aliphatic rings. The molecule has 0 heterocycles. The van der Waals surface area contributed by atoms with Crippen molar-refractivity contribution in [2.75, 3.05) is 7.05 Å². The molecule has 0 radical (unpaired) electrons. The highest BCUT2D eigenvalue weighted by Crippen LogP contribution is 2.28. The quantitative estimate of drug-likeness (QED) is 0.824. The zero-order valence-corrected chi connectivity index (χ0v) is 13.2. The fourth-order valence-corrected chi connectivity index (χ4v) is 2.57. The van der Waals surface area contributed by atoms with Crippen molar-refractivity contribution < 1.29 is 8.78 Å². The van der Waals surface area contributed by atoms with Crippen LogP contribution in [0.25, 0.3) is 0 Å². The minimum atomic E-state index is -0.558. The Balaban J connectivity index is 2.36. The van der Waals surface area contributed by atoms with Gasteiger partial charge in [-0.25, -0.2) is 8.78 Å². The fourth-order valence-electron chi connectivity index (χ4n) is 2.25. The highest BCUT2D eigenvalue weighted by Gasteiger charge is 2.21. The molecule has 0 fully saturated rings. The summed E-state index contributed by atoms with van der Waals surface area (Å²) in [7, 11) is 1.67. The van der Waals surface area contributed by atoms with Crippen molar-refractivity contribution >= 4 is 23.2 Å². The summed E-state index contributed by atoms with van der Waals surface area (Å²) < 4.78 is 28.2. The summed E-state index contributed by atoms with van der Waals surface area (Å²) in [5.41, 5.74) is 1.31. The molecule has 1 N–H and O–H groups in total. The lowest BCUT2D eigenvalue weighted by Crippen LogP contribution is -2.22. The summed E-state index contributed by atoms with van der Waals surface area (Å²) >= 11 is 11.8. The Labute approximate surface area is 132 Å². The van der Waals surface area contributed by atoms with Gasteiger partial charge in [0.25, 0.3) is 0 Å². The lowest BCUT2D eigenvalue weighted by Gasteiger charge is -2.19. The molecule has 0 aliphatic carbocycles. The Bertz CT molecular complexity index is 659. The van der Waals surface area contributed by atoms with E-state index in [0.717, 1.165) is 5.56 Å². The number of aryl methyl sites for hydroxylation is 1. The first-order chi connectivity index (χ1) is 9.93. The van der Waals surface area contributed by atoms with Crippen LogP contribution in [0.2, 0.25) is 10.0 Å². The van der Waals surface area contributed by atoms with Gasteiger partial charge in [0.15, 0.2) is 0 Å². The minimum Gasteiger partial charge on any atom is -0.313 e. The molecule has 0 saturated heterocycles. The molecule has 0 saturated carbocycles. The Morgan fingerprint density at radius 3 is 2.43 bits per heavy atom. The average Bonchev–Trinajstić information content (AvgIpc) is 2.46. The van der Waals surface area contributed by atoms with E-state index in [9.17, 15) is 8.78 Å². The molecule has 0 aromatic heterocycles. The summed E-state index contributed by atoms with van der Waals surface area (Å²) in [6.07, 6.45) is 0.407. The van der Waals surface area contributed by atoms with E-state index in [4.69, 9.17) is 23.2 Å². The summed E-state index contributed by atoms with van der Waals surface area (Å²) in [4.78, 5) is 0. The molecule has 0 bridgehead atoms. The van der Waals surface area contributed by atoms with Crippen LogP contribution in [0.4, 0.5) is 8.78 Å². The molecular weight excluding hydrogens is 315 g/mol. The minimum absolute atomic E-state index is 0.0450. The summed E-state index contributed by atoms with van der Waals surface area (Å²) in [6, 6.07) is 7.41. The van der Waals surface area contributed by atoms with Crippen LogP contribution in [-0.2, 0) is 6.42 Å². The Kier molecular flexibility index (Phi) is 5.20. The van der Waals surface area contributed by atoms with Crippen molar-refractivity contribution in [2.24, 2.45) is 0 Å². The van der Waals surface area contributed by atoms with Crippen molar-refractivity contribution in [3.8, 4) is 0 Å². The maximum atomic E-state index is 14.2. The first-order valence-electron chi connectivity index (χ1n) is 6.49. The standard InChI is InChI=1S/C16H15Cl2F2N/c1-9-3-6-13(19)15(16(9)20)14(21-2)8-10-4-5-11(17)12(18)7-10/h3-7,14,21H,8H2,1-2H3. The number of rotatable bonds is 4. The molecule has 2 aromatic rings. The number of benzene rings is 2. The summed E-state index contributed by atoms with van der Waals surface area (Å²) in [5, 5.41) is 3.83. The van der Waals surface area contributed by atoms with Gasteiger partial charge in [-0.05, 0) is 49.7 Å². The molecule has 2 aromatic carbocycles. The van der Waals surface area contributed by atoms with E-state index in [0.29, 0.717) is 22.0 Å². The van der Waals surface area contributed by atoms with E-state index in [-0.39, 0.29) is 5.56 Å². The van der Waals surface area contributed by atoms with Gasteiger partial charge in [-0.3, -0.25) is 0 Å². The van der Waals surface area contributed by atoms with E-state index < -0.39 is 17.7 Å². The third-order valence-corrected chi connectivity index (χ3v) is 4.18. The van der Waals surface area contributed by atoms with Crippen LogP contribution in [0, 0.1) is 18.6 Å². The third kappa shape index (κ3) is 3.54. The van der Waals surface area contributed by atoms with Crippen molar-refractivity contribution in [1.29, 1.82) is 0 Å². The Morgan fingerprint density at radius 1 is 1.10 bits per heavy atom. The lowest BCUT2D eigenvalue weighted by molar-refractivity contribution is 0.486. The van der Waals surface area contributed by atoms with Gasteiger partial charge in [-0.15, -0.1) is 0 Å². The van der Waals surface area contributed by atoms with Crippen LogP contribution in [0.15, 0.2) is 30.3 Å². The van der Waals surface area contributed by atoms with Gasteiger partial charge >= 0.3 is 0 Å². The SMILES string of the molecule is CNC(Cc1ccc(Cl)c(Cl)c1)c1c(F)ccc(C)c1F. The molecule has 112 valence electrons. The van der Waals surface area contributed by atoms with Gasteiger partial charge in [0, 0.05) is 11.6 Å². The summed E-state index contributed by atoms with van der Waals surface area (Å²) in [6.45, 7) is 1.62. The van der Waals surface area contributed by atoms with Crippen molar-refractivity contribution in [2.45, 2.75) is 19.4 Å². The molecule has 1 unspecified atom stereocenters. The van der Waals surface area contributed by atoms with Crippen LogP contribution < -0.4 is 5.32 Å². The molecule has 2 rings (SSSR count). The topological polar surface area (TPSA) is 12.0 Å². The lowest BCUT2D eigenvalue weighted by atomic mass is 9.96. The van der Waals surface area contributed by atoms with Crippen LogP contribution in [0.3, 0.4) is 0 Å². The monoisotopic (exact) mass is 329 g/mol. The Morgan fingerprint density at radius 2 is 1.81 bits per heavy atom. The fraction of sp³-hybridized carbons (Fsp3) is 0.250. The predicted octanol–water partition coefficient (Wildman–Crippen LogP) is 5.08. The second-order valence-electron chi connectivity index (χ2n) is 4.89. The zero-order chi connectivity index (χ0) is 15.6. The Hall–Kier alpha value is -1.16. The number of hydrogen-bond donors (Lipinski definition) is 1. The largest absolute Gasteiger partial charge is 0.313 e. The number of halogens is 4. The molecule has 5 heteroatoms. The van der Waals surface area contributed by atoms with Gasteiger partial charge in [0.2, 0.25) is 0 Å². The first kappa shape index (κ1) is 16.2. The maximum Gasteiger partial charge on any atom is 0.133 e. The number of likely N-dealkylation sites (N-methyl/N-ethyl adjacent to an activating group) is 1.